The second-order valence-electron chi connectivity index (χ2n) is 8.78. The highest BCUT2D eigenvalue weighted by Gasteiger charge is 2.36. The fourth-order valence-corrected chi connectivity index (χ4v) is 4.07. The van der Waals surface area contributed by atoms with E-state index in [0.29, 0.717) is 29.8 Å². The summed E-state index contributed by atoms with van der Waals surface area (Å²) in [5.41, 5.74) is 6.42. The molecule has 10 heteroatoms. The van der Waals surface area contributed by atoms with Crippen LogP contribution in [0.4, 0.5) is 0 Å². The number of ether oxygens (including phenoxy) is 1. The lowest BCUT2D eigenvalue weighted by Crippen LogP contribution is -2.41. The van der Waals surface area contributed by atoms with Crippen LogP contribution in [0.15, 0.2) is 54.6 Å². The van der Waals surface area contributed by atoms with E-state index in [1.165, 1.54) is 14.0 Å². The number of amides is 3. The third-order valence-corrected chi connectivity index (χ3v) is 6.25. The van der Waals surface area contributed by atoms with Gasteiger partial charge in [0.1, 0.15) is 18.4 Å². The van der Waals surface area contributed by atoms with E-state index in [1.54, 1.807) is 53.4 Å². The number of carboxylic acids is 1. The lowest BCUT2D eigenvalue weighted by Gasteiger charge is -2.25. The summed E-state index contributed by atoms with van der Waals surface area (Å²) in [5, 5.41) is 12.2. The van der Waals surface area contributed by atoms with Gasteiger partial charge in [-0.2, -0.15) is 0 Å². The first kappa shape index (κ1) is 26.7. The van der Waals surface area contributed by atoms with Crippen molar-refractivity contribution in [3.05, 3.63) is 65.7 Å². The second-order valence-corrected chi connectivity index (χ2v) is 8.78. The Bertz CT molecular complexity index is 1090. The Labute approximate surface area is 210 Å². The molecule has 0 aromatic heterocycles. The molecule has 3 unspecified atom stereocenters. The first-order chi connectivity index (χ1) is 17.2. The molecule has 10 nitrogen and oxygen atoms in total. The minimum Gasteiger partial charge on any atom is -0.491 e. The van der Waals surface area contributed by atoms with Crippen LogP contribution in [0.25, 0.3) is 0 Å². The van der Waals surface area contributed by atoms with Gasteiger partial charge in [0.25, 0.3) is 11.8 Å². The zero-order valence-corrected chi connectivity index (χ0v) is 20.4. The summed E-state index contributed by atoms with van der Waals surface area (Å²) < 4.78 is 5.94. The van der Waals surface area contributed by atoms with Gasteiger partial charge in [0.15, 0.2) is 0 Å². The van der Waals surface area contributed by atoms with Crippen LogP contribution in [0.2, 0.25) is 0 Å². The predicted octanol–water partition coefficient (Wildman–Crippen LogP) is 1.36. The van der Waals surface area contributed by atoms with Crippen molar-refractivity contribution in [2.75, 3.05) is 26.7 Å². The maximum absolute atomic E-state index is 12.7. The monoisotopic (exact) mass is 496 g/mol. The van der Waals surface area contributed by atoms with E-state index in [0.717, 1.165) is 4.90 Å². The van der Waals surface area contributed by atoms with Gasteiger partial charge in [0.05, 0.1) is 6.04 Å². The molecule has 1 aliphatic heterocycles. The highest BCUT2D eigenvalue weighted by atomic mass is 16.5. The maximum Gasteiger partial charge on any atom is 0.326 e. The van der Waals surface area contributed by atoms with Gasteiger partial charge in [-0.25, -0.2) is 4.79 Å². The van der Waals surface area contributed by atoms with Crippen LogP contribution in [-0.4, -0.2) is 83.5 Å². The van der Waals surface area contributed by atoms with Crippen molar-refractivity contribution in [2.45, 2.75) is 37.9 Å². The van der Waals surface area contributed by atoms with Crippen molar-refractivity contribution in [1.29, 1.82) is 0 Å². The Morgan fingerprint density at radius 2 is 1.83 bits per heavy atom. The van der Waals surface area contributed by atoms with Crippen LogP contribution in [0.1, 0.15) is 40.5 Å². The summed E-state index contributed by atoms with van der Waals surface area (Å²) in [4.78, 5) is 52.0. The van der Waals surface area contributed by atoms with Crippen LogP contribution >= 0.6 is 0 Å². The summed E-state index contributed by atoms with van der Waals surface area (Å²) in [6, 6.07) is 13.8. The molecular weight excluding hydrogens is 464 g/mol. The highest BCUT2D eigenvalue weighted by molar-refractivity contribution is 5.96. The number of aliphatic carboxylic acids is 1. The molecule has 1 heterocycles. The van der Waals surface area contributed by atoms with Crippen LogP contribution in [0.5, 0.6) is 5.75 Å². The molecule has 2 aromatic carbocycles. The SMILES string of the molecule is CC(C(=O)O)N(C)C(=O)c1cccc(OCC2CC(NC(=O)c3ccccc3)CN2C(=O)CCN)c1. The fourth-order valence-electron chi connectivity index (χ4n) is 4.07. The van der Waals surface area contributed by atoms with E-state index in [1.807, 2.05) is 6.07 Å². The molecule has 0 spiro atoms. The highest BCUT2D eigenvalue weighted by Crippen LogP contribution is 2.22. The first-order valence-electron chi connectivity index (χ1n) is 11.8. The number of rotatable bonds is 10. The number of benzene rings is 2. The van der Waals surface area contributed by atoms with Gasteiger partial charge in [-0.1, -0.05) is 24.3 Å². The minimum atomic E-state index is -1.10. The predicted molar refractivity (Wildman–Crippen MR) is 133 cm³/mol. The van der Waals surface area contributed by atoms with Crippen LogP contribution in [-0.2, 0) is 9.59 Å². The average Bonchev–Trinajstić information content (AvgIpc) is 3.29. The molecule has 3 amide bonds. The number of hydrogen-bond acceptors (Lipinski definition) is 6. The third kappa shape index (κ3) is 6.60. The van der Waals surface area contributed by atoms with Gasteiger partial charge in [0, 0.05) is 43.7 Å². The number of likely N-dealkylation sites (tertiary alicyclic amines) is 1. The summed E-state index contributed by atoms with van der Waals surface area (Å²) in [7, 11) is 1.43. The van der Waals surface area contributed by atoms with Crippen molar-refractivity contribution in [2.24, 2.45) is 5.73 Å². The Morgan fingerprint density at radius 3 is 2.50 bits per heavy atom. The standard InChI is InChI=1S/C26H32N4O6/c1-17(26(34)35)29(2)25(33)19-9-6-10-22(13-19)36-16-21-14-20(15-30(21)23(31)11-12-27)28-24(32)18-7-4-3-5-8-18/h3-10,13,17,20-21H,11-12,14-16,27H2,1-2H3,(H,28,32)(H,34,35). The van der Waals surface area contributed by atoms with E-state index in [4.69, 9.17) is 10.5 Å². The number of nitrogens with zero attached hydrogens (tertiary/aromatic N) is 2. The summed E-state index contributed by atoms with van der Waals surface area (Å²) in [6.45, 7) is 2.16. The van der Waals surface area contributed by atoms with Gasteiger partial charge in [-0.05, 0) is 43.7 Å². The van der Waals surface area contributed by atoms with E-state index >= 15 is 0 Å². The van der Waals surface area contributed by atoms with E-state index in [9.17, 15) is 24.3 Å². The number of nitrogens with two attached hydrogens (primary N) is 1. The number of nitrogens with one attached hydrogen (secondary N) is 1. The normalized spacial score (nSPS) is 17.8. The van der Waals surface area contributed by atoms with Crippen molar-refractivity contribution < 1.29 is 29.0 Å². The van der Waals surface area contributed by atoms with Gasteiger partial charge >= 0.3 is 5.97 Å². The van der Waals surface area contributed by atoms with Crippen molar-refractivity contribution in [3.63, 3.8) is 0 Å². The molecule has 0 aliphatic carbocycles. The van der Waals surface area contributed by atoms with Crippen molar-refractivity contribution >= 4 is 23.7 Å². The molecule has 3 atom stereocenters. The van der Waals surface area contributed by atoms with Crippen LogP contribution in [0, 0.1) is 0 Å². The molecule has 4 N–H and O–H groups in total. The Morgan fingerprint density at radius 1 is 1.14 bits per heavy atom. The number of carboxylic acid groups (broad SMARTS) is 1. The number of hydrogen-bond donors (Lipinski definition) is 3. The summed E-state index contributed by atoms with van der Waals surface area (Å²) >= 11 is 0. The van der Waals surface area contributed by atoms with Gasteiger partial charge in [0.2, 0.25) is 5.91 Å². The maximum atomic E-state index is 12.7. The lowest BCUT2D eigenvalue weighted by molar-refractivity contribution is -0.141. The van der Waals surface area contributed by atoms with Crippen LogP contribution in [0.3, 0.4) is 0 Å². The molecule has 1 saturated heterocycles. The zero-order chi connectivity index (χ0) is 26.2. The molecule has 2 aromatic rings. The quantitative estimate of drug-likeness (QED) is 0.451. The first-order valence-corrected chi connectivity index (χ1v) is 11.8. The summed E-state index contributed by atoms with van der Waals surface area (Å²) in [6.07, 6.45) is 0.695. The van der Waals surface area contributed by atoms with Gasteiger partial charge < -0.3 is 30.7 Å². The molecule has 3 rings (SSSR count). The molecule has 1 fully saturated rings. The molecule has 0 radical (unpaired) electrons. The summed E-state index contributed by atoms with van der Waals surface area (Å²) in [5.74, 6) is -1.45. The largest absolute Gasteiger partial charge is 0.491 e. The number of carbonyl (C=O) groups excluding carboxylic acids is 3. The van der Waals surface area contributed by atoms with Crippen molar-refractivity contribution in [3.8, 4) is 5.75 Å². The Hall–Kier alpha value is -3.92. The third-order valence-electron chi connectivity index (χ3n) is 6.25. The fraction of sp³-hybridized carbons (Fsp3) is 0.385. The van der Waals surface area contributed by atoms with Crippen molar-refractivity contribution in [1.82, 2.24) is 15.1 Å². The molecular formula is C26H32N4O6. The Kier molecular flexibility index (Phi) is 9.02. The Balaban J connectivity index is 1.67. The van der Waals surface area contributed by atoms with E-state index in [2.05, 4.69) is 5.32 Å². The molecule has 1 aliphatic rings. The van der Waals surface area contributed by atoms with Gasteiger partial charge in [-0.3, -0.25) is 14.4 Å². The van der Waals surface area contributed by atoms with E-state index in [-0.39, 0.29) is 43.5 Å². The second kappa shape index (κ2) is 12.2. The average molecular weight is 497 g/mol. The zero-order valence-electron chi connectivity index (χ0n) is 20.4. The molecule has 0 saturated carbocycles. The minimum absolute atomic E-state index is 0.115. The lowest BCUT2D eigenvalue weighted by atomic mass is 10.1. The van der Waals surface area contributed by atoms with Crippen LogP contribution < -0.4 is 15.8 Å². The molecule has 36 heavy (non-hydrogen) atoms. The van der Waals surface area contributed by atoms with Gasteiger partial charge in [-0.15, -0.1) is 0 Å². The van der Waals surface area contributed by atoms with E-state index < -0.39 is 17.9 Å². The smallest absolute Gasteiger partial charge is 0.326 e. The number of carbonyl (C=O) groups is 4. The molecule has 0 bridgehead atoms. The molecule has 192 valence electrons. The number of likely N-dealkylation sites (N-methyl/N-ethyl adjacent to an activating group) is 1. The topological polar surface area (TPSA) is 142 Å².